The topological polar surface area (TPSA) is 0 Å². The Morgan fingerprint density at radius 2 is 2.14 bits per heavy atom. The van der Waals surface area contributed by atoms with Crippen LogP contribution in [0, 0.1) is 5.41 Å². The van der Waals surface area contributed by atoms with Crippen LogP contribution >= 0.6 is 11.8 Å². The summed E-state index contributed by atoms with van der Waals surface area (Å²) in [6, 6.07) is 0. The molecule has 0 aromatic rings. The first-order valence-corrected chi connectivity index (χ1v) is 3.98. The lowest BCUT2D eigenvalue weighted by Crippen LogP contribution is -1.99. The second-order valence-electron chi connectivity index (χ2n) is 2.98. The summed E-state index contributed by atoms with van der Waals surface area (Å²) in [5, 5.41) is 1.08. The normalized spacial score (nSPS) is 43.3. The van der Waals surface area contributed by atoms with Crippen LogP contribution in [0.3, 0.4) is 0 Å². The molecule has 2 rings (SSSR count). The van der Waals surface area contributed by atoms with Crippen LogP contribution in [0.2, 0.25) is 0 Å². The molecular weight excluding hydrogens is 104 g/mol. The minimum Gasteiger partial charge on any atom is -0.156 e. The van der Waals surface area contributed by atoms with Crippen molar-refractivity contribution in [2.24, 2.45) is 5.41 Å². The van der Waals surface area contributed by atoms with E-state index in [0.29, 0.717) is 0 Å². The summed E-state index contributed by atoms with van der Waals surface area (Å²) in [6.45, 7) is 2.41. The van der Waals surface area contributed by atoms with E-state index >= 15 is 0 Å². The van der Waals surface area contributed by atoms with Gasteiger partial charge in [0.15, 0.2) is 0 Å². The van der Waals surface area contributed by atoms with Crippen LogP contribution < -0.4 is 0 Å². The lowest BCUT2D eigenvalue weighted by molar-refractivity contribution is 0.602. The van der Waals surface area contributed by atoms with Crippen LogP contribution in [0.1, 0.15) is 19.8 Å². The molecule has 7 heavy (non-hydrogen) atoms. The van der Waals surface area contributed by atoms with E-state index in [2.05, 4.69) is 18.7 Å². The Kier molecular flexibility index (Phi) is 0.619. The molecule has 0 amide bonds. The molecule has 1 heterocycles. The Hall–Kier alpha value is 0.350. The summed E-state index contributed by atoms with van der Waals surface area (Å²) in [5.41, 5.74) is 0.824. The van der Waals surface area contributed by atoms with Crippen molar-refractivity contribution in [3.05, 3.63) is 0 Å². The van der Waals surface area contributed by atoms with E-state index < -0.39 is 0 Å². The number of hydrogen-bond donors (Lipinski definition) is 0. The maximum atomic E-state index is 2.41. The number of hydrogen-bond acceptors (Lipinski definition) is 1. The van der Waals surface area contributed by atoms with Gasteiger partial charge in [-0.3, -0.25) is 0 Å². The molecule has 1 saturated heterocycles. The molecule has 2 aliphatic rings. The van der Waals surface area contributed by atoms with Gasteiger partial charge >= 0.3 is 0 Å². The Balaban J connectivity index is 2.04. The summed E-state index contributed by atoms with van der Waals surface area (Å²) in [5.74, 6) is 1.45. The molecule has 0 N–H and O–H groups in total. The van der Waals surface area contributed by atoms with Gasteiger partial charge < -0.3 is 0 Å². The van der Waals surface area contributed by atoms with Gasteiger partial charge in [-0.25, -0.2) is 0 Å². The maximum absolute atomic E-state index is 2.41. The van der Waals surface area contributed by atoms with Crippen LogP contribution in [-0.2, 0) is 0 Å². The highest BCUT2D eigenvalue weighted by atomic mass is 32.2. The molecule has 2 fully saturated rings. The van der Waals surface area contributed by atoms with Crippen molar-refractivity contribution in [2.75, 3.05) is 5.75 Å². The fraction of sp³-hybridized carbons (Fsp3) is 1.00. The molecule has 0 aromatic heterocycles. The van der Waals surface area contributed by atoms with Gasteiger partial charge in [0, 0.05) is 11.0 Å². The van der Waals surface area contributed by atoms with Crippen molar-refractivity contribution < 1.29 is 0 Å². The zero-order valence-corrected chi connectivity index (χ0v) is 5.42. The number of thioether (sulfide) groups is 1. The number of rotatable bonds is 1. The predicted molar refractivity (Wildman–Crippen MR) is 33.6 cm³/mol. The Morgan fingerprint density at radius 3 is 2.29 bits per heavy atom. The first-order chi connectivity index (χ1) is 3.31. The van der Waals surface area contributed by atoms with Gasteiger partial charge in [0.05, 0.1) is 0 Å². The van der Waals surface area contributed by atoms with E-state index in [1.165, 1.54) is 18.6 Å². The molecule has 0 aromatic carbocycles. The fourth-order valence-corrected chi connectivity index (χ4v) is 2.11. The van der Waals surface area contributed by atoms with Crippen LogP contribution in [-0.4, -0.2) is 11.0 Å². The Labute approximate surface area is 48.7 Å². The molecule has 1 aliphatic carbocycles. The largest absolute Gasteiger partial charge is 0.156 e. The van der Waals surface area contributed by atoms with Gasteiger partial charge in [0.1, 0.15) is 0 Å². The van der Waals surface area contributed by atoms with Crippen molar-refractivity contribution in [1.82, 2.24) is 0 Å². The maximum Gasteiger partial charge on any atom is 0.0192 e. The quantitative estimate of drug-likeness (QED) is 0.469. The van der Waals surface area contributed by atoms with Gasteiger partial charge in [-0.1, -0.05) is 6.92 Å². The molecule has 1 unspecified atom stereocenters. The van der Waals surface area contributed by atoms with E-state index in [-0.39, 0.29) is 0 Å². The first-order valence-electron chi connectivity index (χ1n) is 2.93. The lowest BCUT2D eigenvalue weighted by atomic mass is 10.1. The van der Waals surface area contributed by atoms with Crippen molar-refractivity contribution in [3.8, 4) is 0 Å². The highest BCUT2D eigenvalue weighted by molar-refractivity contribution is 8.06. The SMILES string of the molecule is CC1(C2CS2)CC1. The minimum absolute atomic E-state index is 0.824. The average Bonchev–Trinajstić information content (AvgIpc) is 2.14. The highest BCUT2D eigenvalue weighted by Crippen LogP contribution is 2.59. The second-order valence-corrected chi connectivity index (χ2v) is 4.21. The van der Waals surface area contributed by atoms with Gasteiger partial charge in [-0.15, -0.1) is 0 Å². The van der Waals surface area contributed by atoms with Crippen molar-refractivity contribution in [2.45, 2.75) is 25.0 Å². The second kappa shape index (κ2) is 1.02. The van der Waals surface area contributed by atoms with E-state index in [9.17, 15) is 0 Å². The van der Waals surface area contributed by atoms with Crippen molar-refractivity contribution in [3.63, 3.8) is 0 Å². The van der Waals surface area contributed by atoms with E-state index in [1.54, 1.807) is 0 Å². The van der Waals surface area contributed by atoms with E-state index in [1.807, 2.05) is 0 Å². The van der Waals surface area contributed by atoms with E-state index in [0.717, 1.165) is 10.7 Å². The monoisotopic (exact) mass is 114 g/mol. The molecule has 0 nitrogen and oxygen atoms in total. The zero-order chi connectivity index (χ0) is 4.91. The van der Waals surface area contributed by atoms with Crippen LogP contribution in [0.25, 0.3) is 0 Å². The van der Waals surface area contributed by atoms with Gasteiger partial charge in [-0.05, 0) is 18.3 Å². The minimum atomic E-state index is 0.824. The smallest absolute Gasteiger partial charge is 0.0192 e. The lowest BCUT2D eigenvalue weighted by Gasteiger charge is -1.98. The predicted octanol–water partition coefficient (Wildman–Crippen LogP) is 1.90. The van der Waals surface area contributed by atoms with Gasteiger partial charge in [-0.2, -0.15) is 11.8 Å². The summed E-state index contributed by atoms with van der Waals surface area (Å²) < 4.78 is 0. The Bertz CT molecular complexity index is 90.4. The highest BCUT2D eigenvalue weighted by Gasteiger charge is 2.50. The molecular formula is C6H10S. The molecule has 1 aliphatic heterocycles. The third-order valence-electron chi connectivity index (χ3n) is 2.15. The van der Waals surface area contributed by atoms with Crippen LogP contribution in [0.5, 0.6) is 0 Å². The Morgan fingerprint density at radius 1 is 1.57 bits per heavy atom. The third kappa shape index (κ3) is 0.584. The molecule has 0 radical (unpaired) electrons. The molecule has 0 bridgehead atoms. The van der Waals surface area contributed by atoms with Crippen LogP contribution in [0.4, 0.5) is 0 Å². The van der Waals surface area contributed by atoms with Gasteiger partial charge in [0.2, 0.25) is 0 Å². The zero-order valence-electron chi connectivity index (χ0n) is 4.61. The standard InChI is InChI=1S/C6H10S/c1-6(2-3-6)5-4-7-5/h5H,2-4H2,1H3. The molecule has 1 heteroatoms. The first kappa shape index (κ1) is 4.25. The third-order valence-corrected chi connectivity index (χ3v) is 3.39. The molecule has 0 spiro atoms. The van der Waals surface area contributed by atoms with Crippen molar-refractivity contribution >= 4 is 11.8 Å². The molecule has 40 valence electrons. The summed E-state index contributed by atoms with van der Waals surface area (Å²) in [7, 11) is 0. The molecule has 1 saturated carbocycles. The summed E-state index contributed by atoms with van der Waals surface area (Å²) in [6.07, 6.45) is 3.01. The summed E-state index contributed by atoms with van der Waals surface area (Å²) in [4.78, 5) is 0. The molecule has 1 atom stereocenters. The van der Waals surface area contributed by atoms with Gasteiger partial charge in [0.25, 0.3) is 0 Å². The van der Waals surface area contributed by atoms with Crippen LogP contribution in [0.15, 0.2) is 0 Å². The fourth-order valence-electron chi connectivity index (χ4n) is 0.970. The van der Waals surface area contributed by atoms with Crippen molar-refractivity contribution in [1.29, 1.82) is 0 Å². The van der Waals surface area contributed by atoms with E-state index in [4.69, 9.17) is 0 Å². The average molecular weight is 114 g/mol. The summed E-state index contributed by atoms with van der Waals surface area (Å²) >= 11 is 2.14.